The van der Waals surface area contributed by atoms with E-state index in [9.17, 15) is 4.79 Å². The van der Waals surface area contributed by atoms with Crippen molar-refractivity contribution in [3.8, 4) is 16.9 Å². The van der Waals surface area contributed by atoms with Gasteiger partial charge in [0.1, 0.15) is 11.3 Å². The van der Waals surface area contributed by atoms with Crippen LogP contribution in [0.4, 0.5) is 5.69 Å². The van der Waals surface area contributed by atoms with Crippen LogP contribution in [0.3, 0.4) is 0 Å². The van der Waals surface area contributed by atoms with Crippen LogP contribution in [0.5, 0.6) is 0 Å². The Bertz CT molecular complexity index is 1170. The molecular formula is C17H10N6O2. The number of azide groups is 1. The first-order chi connectivity index (χ1) is 12.2. The normalized spacial score (nSPS) is 10.6. The van der Waals surface area contributed by atoms with Crippen molar-refractivity contribution >= 4 is 16.7 Å². The number of rotatable bonds is 3. The van der Waals surface area contributed by atoms with Gasteiger partial charge in [0.05, 0.1) is 6.20 Å². The molecule has 0 radical (unpaired) electrons. The summed E-state index contributed by atoms with van der Waals surface area (Å²) in [4.78, 5) is 16.2. The molecule has 0 aliphatic rings. The summed E-state index contributed by atoms with van der Waals surface area (Å²) in [7, 11) is 0. The van der Waals surface area contributed by atoms with Crippen molar-refractivity contribution in [3.05, 3.63) is 81.7 Å². The van der Waals surface area contributed by atoms with Gasteiger partial charge in [0.25, 0.3) is 0 Å². The van der Waals surface area contributed by atoms with E-state index < -0.39 is 5.63 Å². The van der Waals surface area contributed by atoms with Crippen LogP contribution in [0.1, 0.15) is 0 Å². The smallest absolute Gasteiger partial charge is 0.364 e. The molecule has 2 aromatic carbocycles. The maximum absolute atomic E-state index is 12.3. The quantitative estimate of drug-likeness (QED) is 0.245. The van der Waals surface area contributed by atoms with E-state index in [0.29, 0.717) is 22.4 Å². The molecule has 0 aliphatic heterocycles. The minimum atomic E-state index is -0.583. The van der Waals surface area contributed by atoms with Crippen molar-refractivity contribution in [2.24, 2.45) is 5.11 Å². The molecule has 2 aromatic heterocycles. The lowest BCUT2D eigenvalue weighted by Gasteiger charge is -2.02. The first-order valence-corrected chi connectivity index (χ1v) is 7.36. The molecule has 0 saturated carbocycles. The van der Waals surface area contributed by atoms with Gasteiger partial charge < -0.3 is 4.42 Å². The van der Waals surface area contributed by atoms with Gasteiger partial charge in [0, 0.05) is 21.5 Å². The molecule has 0 spiro atoms. The molecule has 2 heterocycles. The average Bonchev–Trinajstić information content (AvgIpc) is 3.12. The molecule has 4 aromatic rings. The fourth-order valence-corrected chi connectivity index (χ4v) is 2.46. The number of fused-ring (bicyclic) bond motifs is 1. The van der Waals surface area contributed by atoms with Crippen molar-refractivity contribution < 1.29 is 4.42 Å². The van der Waals surface area contributed by atoms with Gasteiger partial charge in [-0.15, -0.1) is 9.90 Å². The van der Waals surface area contributed by atoms with E-state index in [4.69, 9.17) is 9.95 Å². The zero-order valence-electron chi connectivity index (χ0n) is 12.8. The van der Waals surface area contributed by atoms with Crippen molar-refractivity contribution in [3.63, 3.8) is 0 Å². The number of hydrogen-bond donors (Lipinski definition) is 0. The van der Waals surface area contributed by atoms with Gasteiger partial charge in [-0.25, -0.2) is 4.79 Å². The second kappa shape index (κ2) is 5.95. The fourth-order valence-electron chi connectivity index (χ4n) is 2.46. The summed E-state index contributed by atoms with van der Waals surface area (Å²) in [6.45, 7) is 0. The van der Waals surface area contributed by atoms with Gasteiger partial charge in [-0.2, -0.15) is 5.10 Å². The molecule has 0 atom stereocenters. The number of nitrogens with zero attached hydrogens (tertiary/aromatic N) is 6. The molecule has 120 valence electrons. The molecule has 8 heteroatoms. The van der Waals surface area contributed by atoms with E-state index in [2.05, 4.69) is 20.2 Å². The summed E-state index contributed by atoms with van der Waals surface area (Å²) in [6.07, 6.45) is 1.59. The fraction of sp³-hybridized carbons (Fsp3) is 0. The maximum Gasteiger partial charge on any atom is 0.364 e. The summed E-state index contributed by atoms with van der Waals surface area (Å²) in [5.41, 5.74) is 10.3. The van der Waals surface area contributed by atoms with Gasteiger partial charge in [-0.1, -0.05) is 47.6 Å². The first-order valence-electron chi connectivity index (χ1n) is 7.36. The van der Waals surface area contributed by atoms with Crippen LogP contribution in [0.15, 0.2) is 75.1 Å². The lowest BCUT2D eigenvalue weighted by molar-refractivity contribution is 0.546. The summed E-state index contributed by atoms with van der Waals surface area (Å²) >= 11 is 0. The third kappa shape index (κ3) is 2.73. The Hall–Kier alpha value is -3.90. The molecule has 0 saturated heterocycles. The van der Waals surface area contributed by atoms with Gasteiger partial charge in [0.2, 0.25) is 0 Å². The molecule has 0 unspecified atom stereocenters. The molecule has 0 bridgehead atoms. The van der Waals surface area contributed by atoms with Gasteiger partial charge in [-0.05, 0) is 17.7 Å². The van der Waals surface area contributed by atoms with E-state index in [1.165, 1.54) is 10.9 Å². The van der Waals surface area contributed by atoms with E-state index in [0.717, 1.165) is 5.56 Å². The highest BCUT2D eigenvalue weighted by Gasteiger charge is 2.11. The summed E-state index contributed by atoms with van der Waals surface area (Å²) in [5.74, 6) is 0. The molecule has 4 rings (SSSR count). The Kier molecular flexibility index (Phi) is 3.49. The van der Waals surface area contributed by atoms with E-state index in [1.54, 1.807) is 24.4 Å². The first kappa shape index (κ1) is 14.7. The number of hydrogen-bond acceptors (Lipinski definition) is 5. The Balaban J connectivity index is 1.81. The SMILES string of the molecule is [N-]=[N+]=Nc1ccc2cc(-n3ncc(-c4ccccc4)n3)c(=O)oc2c1. The predicted octanol–water partition coefficient (Wildman–Crippen LogP) is 3.98. The highest BCUT2D eigenvalue weighted by atomic mass is 16.4. The second-order valence-corrected chi connectivity index (χ2v) is 5.22. The van der Waals surface area contributed by atoms with Crippen LogP contribution in [0, 0.1) is 0 Å². The van der Waals surface area contributed by atoms with Crippen molar-refractivity contribution in [2.45, 2.75) is 0 Å². The summed E-state index contributed by atoms with van der Waals surface area (Å²) in [5, 5.41) is 12.7. The van der Waals surface area contributed by atoms with Crippen LogP contribution < -0.4 is 5.63 Å². The van der Waals surface area contributed by atoms with Gasteiger partial charge in [0.15, 0.2) is 5.69 Å². The van der Waals surface area contributed by atoms with Crippen LogP contribution in [0.25, 0.3) is 38.4 Å². The maximum atomic E-state index is 12.3. The second-order valence-electron chi connectivity index (χ2n) is 5.22. The summed E-state index contributed by atoms with van der Waals surface area (Å²) in [6, 6.07) is 16.0. The molecular weight excluding hydrogens is 320 g/mol. The van der Waals surface area contributed by atoms with Crippen molar-refractivity contribution in [1.29, 1.82) is 0 Å². The zero-order valence-corrected chi connectivity index (χ0v) is 12.8. The number of benzene rings is 2. The van der Waals surface area contributed by atoms with Gasteiger partial charge in [-0.3, -0.25) is 0 Å². The minimum Gasteiger partial charge on any atom is -0.421 e. The van der Waals surface area contributed by atoms with E-state index >= 15 is 0 Å². The molecule has 25 heavy (non-hydrogen) atoms. The Morgan fingerprint density at radius 2 is 1.96 bits per heavy atom. The third-order valence-electron chi connectivity index (χ3n) is 3.64. The van der Waals surface area contributed by atoms with E-state index in [-0.39, 0.29) is 5.69 Å². The van der Waals surface area contributed by atoms with Crippen LogP contribution >= 0.6 is 0 Å². The highest BCUT2D eigenvalue weighted by molar-refractivity contribution is 5.81. The minimum absolute atomic E-state index is 0.200. The van der Waals surface area contributed by atoms with Crippen molar-refractivity contribution in [1.82, 2.24) is 15.0 Å². The standard InChI is InChI=1S/C17H10N6O2/c18-22-20-13-7-6-12-8-15(17(24)25-16(12)9-13)23-19-10-14(21-23)11-4-2-1-3-5-11/h1-10H. The monoisotopic (exact) mass is 330 g/mol. The molecule has 0 fully saturated rings. The lowest BCUT2D eigenvalue weighted by atomic mass is 10.2. The summed E-state index contributed by atoms with van der Waals surface area (Å²) < 4.78 is 5.31. The molecule has 0 aliphatic carbocycles. The molecule has 0 amide bonds. The Labute approximate surface area is 140 Å². The molecule has 0 N–H and O–H groups in total. The van der Waals surface area contributed by atoms with Crippen LogP contribution in [-0.4, -0.2) is 15.0 Å². The third-order valence-corrected chi connectivity index (χ3v) is 3.64. The van der Waals surface area contributed by atoms with Gasteiger partial charge >= 0.3 is 5.63 Å². The molecule has 8 nitrogen and oxygen atoms in total. The Morgan fingerprint density at radius 1 is 1.12 bits per heavy atom. The van der Waals surface area contributed by atoms with Crippen molar-refractivity contribution in [2.75, 3.05) is 0 Å². The topological polar surface area (TPSA) is 110 Å². The Morgan fingerprint density at radius 3 is 2.76 bits per heavy atom. The van der Waals surface area contributed by atoms with E-state index in [1.807, 2.05) is 30.3 Å². The largest absolute Gasteiger partial charge is 0.421 e. The predicted molar refractivity (Wildman–Crippen MR) is 91.6 cm³/mol. The van der Waals surface area contributed by atoms with Crippen LogP contribution in [0.2, 0.25) is 0 Å². The lowest BCUT2D eigenvalue weighted by Crippen LogP contribution is -2.12. The van der Waals surface area contributed by atoms with Crippen LogP contribution in [-0.2, 0) is 0 Å². The average molecular weight is 330 g/mol. The number of aromatic nitrogens is 3. The highest BCUT2D eigenvalue weighted by Crippen LogP contribution is 2.22. The zero-order chi connectivity index (χ0) is 17.2.